The van der Waals surface area contributed by atoms with Gasteiger partial charge < -0.3 is 10.1 Å². The van der Waals surface area contributed by atoms with E-state index < -0.39 is 0 Å². The molecule has 0 saturated heterocycles. The highest BCUT2D eigenvalue weighted by Crippen LogP contribution is 2.26. The molecule has 3 rings (SSSR count). The molecule has 1 saturated carbocycles. The van der Waals surface area contributed by atoms with Crippen molar-refractivity contribution in [3.05, 3.63) is 24.0 Å². The molecule has 0 atom stereocenters. The molecule has 3 nitrogen and oxygen atoms in total. The lowest BCUT2D eigenvalue weighted by atomic mass is 9.96. The van der Waals surface area contributed by atoms with E-state index in [9.17, 15) is 5.11 Å². The van der Waals surface area contributed by atoms with Gasteiger partial charge in [-0.1, -0.05) is 38.5 Å². The van der Waals surface area contributed by atoms with E-state index in [1.54, 1.807) is 12.1 Å². The van der Waals surface area contributed by atoms with E-state index in [-0.39, 0.29) is 0 Å². The van der Waals surface area contributed by atoms with Crippen molar-refractivity contribution in [2.24, 2.45) is 5.92 Å². The van der Waals surface area contributed by atoms with Gasteiger partial charge in [0, 0.05) is 12.5 Å². The number of benzene rings is 1. The number of aromatic hydroxyl groups is 1. The zero-order valence-corrected chi connectivity index (χ0v) is 10.7. The average molecular weight is 244 g/mol. The van der Waals surface area contributed by atoms with Crippen molar-refractivity contribution in [2.75, 3.05) is 0 Å². The molecule has 0 radical (unpaired) electrons. The smallest absolute Gasteiger partial charge is 0.117 e. The molecule has 1 aromatic heterocycles. The average Bonchev–Trinajstić information content (AvgIpc) is 2.57. The molecule has 1 aliphatic rings. The number of phenols is 1. The molecular weight excluding hydrogens is 224 g/mol. The Kier molecular flexibility index (Phi) is 3.22. The van der Waals surface area contributed by atoms with Gasteiger partial charge >= 0.3 is 0 Å². The highest BCUT2D eigenvalue weighted by molar-refractivity contribution is 5.76. The molecule has 0 aliphatic heterocycles. The molecule has 1 heterocycles. The quantitative estimate of drug-likeness (QED) is 0.790. The summed E-state index contributed by atoms with van der Waals surface area (Å²) >= 11 is 0. The van der Waals surface area contributed by atoms with E-state index in [1.165, 1.54) is 38.5 Å². The van der Waals surface area contributed by atoms with Crippen LogP contribution in [0.4, 0.5) is 0 Å². The fourth-order valence-corrected chi connectivity index (χ4v) is 2.99. The summed E-state index contributed by atoms with van der Waals surface area (Å²) in [5.74, 6) is 2.15. The third kappa shape index (κ3) is 2.50. The van der Waals surface area contributed by atoms with Gasteiger partial charge in [-0.15, -0.1) is 0 Å². The van der Waals surface area contributed by atoms with E-state index in [1.807, 2.05) is 6.07 Å². The largest absolute Gasteiger partial charge is 0.508 e. The molecule has 0 bridgehead atoms. The Morgan fingerprint density at radius 3 is 2.72 bits per heavy atom. The molecule has 0 amide bonds. The summed E-state index contributed by atoms with van der Waals surface area (Å²) in [6.07, 6.45) is 9.24. The van der Waals surface area contributed by atoms with Gasteiger partial charge in [0.25, 0.3) is 0 Å². The summed E-state index contributed by atoms with van der Waals surface area (Å²) in [7, 11) is 0. The van der Waals surface area contributed by atoms with Crippen molar-refractivity contribution in [1.82, 2.24) is 9.97 Å². The molecule has 1 aromatic carbocycles. The zero-order valence-electron chi connectivity index (χ0n) is 10.7. The molecule has 3 heteroatoms. The summed E-state index contributed by atoms with van der Waals surface area (Å²) in [6.45, 7) is 0. The van der Waals surface area contributed by atoms with Crippen molar-refractivity contribution in [3.8, 4) is 5.75 Å². The van der Waals surface area contributed by atoms with Crippen LogP contribution in [-0.4, -0.2) is 15.1 Å². The highest BCUT2D eigenvalue weighted by atomic mass is 16.3. The number of aromatic amines is 1. The minimum Gasteiger partial charge on any atom is -0.508 e. The minimum atomic E-state index is 0.298. The number of rotatable bonds is 2. The van der Waals surface area contributed by atoms with Crippen LogP contribution >= 0.6 is 0 Å². The highest BCUT2D eigenvalue weighted by Gasteiger charge is 2.14. The van der Waals surface area contributed by atoms with Crippen LogP contribution in [0.1, 0.15) is 44.3 Å². The van der Waals surface area contributed by atoms with Crippen molar-refractivity contribution in [3.63, 3.8) is 0 Å². The second kappa shape index (κ2) is 5.01. The number of imidazole rings is 1. The van der Waals surface area contributed by atoms with Crippen LogP contribution in [-0.2, 0) is 6.42 Å². The molecule has 0 unspecified atom stereocenters. The number of phenolic OH excluding ortho intramolecular Hbond substituents is 1. The first-order valence-corrected chi connectivity index (χ1v) is 6.99. The number of H-pyrrole nitrogens is 1. The Balaban J connectivity index is 1.77. The number of hydrogen-bond acceptors (Lipinski definition) is 2. The van der Waals surface area contributed by atoms with Crippen LogP contribution in [0.5, 0.6) is 5.75 Å². The SMILES string of the molecule is Oc1ccc2nc(CC3CCCCCC3)[nH]c2c1. The van der Waals surface area contributed by atoms with E-state index in [0.717, 1.165) is 29.2 Å². The van der Waals surface area contributed by atoms with Crippen LogP contribution < -0.4 is 0 Å². The first kappa shape index (κ1) is 11.6. The Bertz CT molecular complexity index is 524. The molecule has 1 fully saturated rings. The number of fused-ring (bicyclic) bond motifs is 1. The molecule has 2 aromatic rings. The minimum absolute atomic E-state index is 0.298. The van der Waals surface area contributed by atoms with Crippen LogP contribution in [0, 0.1) is 5.92 Å². The first-order valence-electron chi connectivity index (χ1n) is 6.99. The Labute approximate surface area is 107 Å². The van der Waals surface area contributed by atoms with E-state index in [0.29, 0.717) is 5.75 Å². The molecule has 18 heavy (non-hydrogen) atoms. The van der Waals surface area contributed by atoms with Gasteiger partial charge in [0.2, 0.25) is 0 Å². The van der Waals surface area contributed by atoms with E-state index in [2.05, 4.69) is 9.97 Å². The summed E-state index contributed by atoms with van der Waals surface area (Å²) in [5.41, 5.74) is 1.90. The molecular formula is C15H20N2O. The third-order valence-corrected chi connectivity index (χ3v) is 3.97. The van der Waals surface area contributed by atoms with Crippen LogP contribution in [0.25, 0.3) is 11.0 Å². The van der Waals surface area contributed by atoms with Crippen molar-refractivity contribution < 1.29 is 5.11 Å². The summed E-state index contributed by atoms with van der Waals surface area (Å²) in [6, 6.07) is 5.31. The van der Waals surface area contributed by atoms with Crippen LogP contribution in [0.2, 0.25) is 0 Å². The Morgan fingerprint density at radius 1 is 1.17 bits per heavy atom. The third-order valence-electron chi connectivity index (χ3n) is 3.97. The number of nitrogens with one attached hydrogen (secondary N) is 1. The normalized spacial score (nSPS) is 18.0. The van der Waals surface area contributed by atoms with Crippen molar-refractivity contribution >= 4 is 11.0 Å². The maximum atomic E-state index is 9.45. The van der Waals surface area contributed by atoms with Gasteiger partial charge in [0.05, 0.1) is 11.0 Å². The Hall–Kier alpha value is -1.51. The first-order chi connectivity index (χ1) is 8.81. The summed E-state index contributed by atoms with van der Waals surface area (Å²) in [5, 5.41) is 9.45. The van der Waals surface area contributed by atoms with Gasteiger partial charge in [0.1, 0.15) is 11.6 Å². The van der Waals surface area contributed by atoms with Gasteiger partial charge in [-0.05, 0) is 18.1 Å². The zero-order chi connectivity index (χ0) is 12.4. The molecule has 2 N–H and O–H groups in total. The van der Waals surface area contributed by atoms with Crippen LogP contribution in [0.3, 0.4) is 0 Å². The summed E-state index contributed by atoms with van der Waals surface area (Å²) in [4.78, 5) is 7.94. The van der Waals surface area contributed by atoms with Crippen molar-refractivity contribution in [1.29, 1.82) is 0 Å². The molecule has 0 spiro atoms. The predicted octanol–water partition coefficient (Wildman–Crippen LogP) is 3.78. The number of nitrogens with zero attached hydrogens (tertiary/aromatic N) is 1. The maximum absolute atomic E-state index is 9.45. The maximum Gasteiger partial charge on any atom is 0.117 e. The van der Waals surface area contributed by atoms with Gasteiger partial charge in [-0.25, -0.2) is 4.98 Å². The summed E-state index contributed by atoms with van der Waals surface area (Å²) < 4.78 is 0. The second-order valence-corrected chi connectivity index (χ2v) is 5.45. The second-order valence-electron chi connectivity index (χ2n) is 5.45. The standard InChI is InChI=1S/C15H20N2O/c18-12-7-8-13-14(10-12)17-15(16-13)9-11-5-3-1-2-4-6-11/h7-8,10-11,18H,1-6,9H2,(H,16,17). The van der Waals surface area contributed by atoms with Gasteiger partial charge in [0.15, 0.2) is 0 Å². The lowest BCUT2D eigenvalue weighted by molar-refractivity contribution is 0.450. The van der Waals surface area contributed by atoms with Crippen LogP contribution in [0.15, 0.2) is 18.2 Å². The van der Waals surface area contributed by atoms with Gasteiger partial charge in [-0.2, -0.15) is 0 Å². The topological polar surface area (TPSA) is 48.9 Å². The molecule has 96 valence electrons. The predicted molar refractivity (Wildman–Crippen MR) is 72.7 cm³/mol. The fourth-order valence-electron chi connectivity index (χ4n) is 2.99. The number of aromatic nitrogens is 2. The lowest BCUT2D eigenvalue weighted by Crippen LogP contribution is -2.04. The molecule has 1 aliphatic carbocycles. The van der Waals surface area contributed by atoms with E-state index >= 15 is 0 Å². The van der Waals surface area contributed by atoms with E-state index in [4.69, 9.17) is 0 Å². The lowest BCUT2D eigenvalue weighted by Gasteiger charge is -2.11. The van der Waals surface area contributed by atoms with Gasteiger partial charge in [-0.3, -0.25) is 0 Å². The monoisotopic (exact) mass is 244 g/mol. The van der Waals surface area contributed by atoms with Crippen molar-refractivity contribution in [2.45, 2.75) is 44.9 Å². The number of hydrogen-bond donors (Lipinski definition) is 2. The Morgan fingerprint density at radius 2 is 1.94 bits per heavy atom. The fraction of sp³-hybridized carbons (Fsp3) is 0.533.